The van der Waals surface area contributed by atoms with Gasteiger partial charge in [0.05, 0.1) is 19.9 Å². The van der Waals surface area contributed by atoms with Crippen molar-refractivity contribution >= 4 is 17.4 Å². The van der Waals surface area contributed by atoms with Gasteiger partial charge >= 0.3 is 0 Å². The number of amides is 1. The second kappa shape index (κ2) is 7.79. The molecule has 0 fully saturated rings. The van der Waals surface area contributed by atoms with Gasteiger partial charge in [0.25, 0.3) is 5.91 Å². The largest absolute Gasteiger partial charge is 0.497 e. The number of carbonyl (C=O) groups excluding carboxylic acids is 1. The molecular formula is C16H18N4O3. The Kier molecular flexibility index (Phi) is 5.51. The predicted molar refractivity (Wildman–Crippen MR) is 87.4 cm³/mol. The summed E-state index contributed by atoms with van der Waals surface area (Å²) >= 11 is 0. The number of benzene rings is 1. The molecule has 0 saturated heterocycles. The van der Waals surface area contributed by atoms with Crippen LogP contribution in [0.4, 0.5) is 11.5 Å². The number of hydrogen-bond donors (Lipinski definition) is 2. The number of anilines is 2. The van der Waals surface area contributed by atoms with Gasteiger partial charge in [-0.15, -0.1) is 16.8 Å². The SMILES string of the molecule is C=CCNC(=O)c1ccc(Nc2cc(OC)ccc2OC)nn1. The predicted octanol–water partition coefficient (Wildman–Crippen LogP) is 2.15. The average Bonchev–Trinajstić information content (AvgIpc) is 2.60. The molecule has 7 nitrogen and oxygen atoms in total. The molecule has 0 radical (unpaired) electrons. The molecule has 0 saturated carbocycles. The third kappa shape index (κ3) is 4.19. The Morgan fingerprint density at radius 3 is 2.65 bits per heavy atom. The molecule has 7 heteroatoms. The quantitative estimate of drug-likeness (QED) is 0.762. The Bertz CT molecular complexity index is 686. The lowest BCUT2D eigenvalue weighted by Gasteiger charge is -2.11. The lowest BCUT2D eigenvalue weighted by Crippen LogP contribution is -2.24. The van der Waals surface area contributed by atoms with Gasteiger partial charge in [-0.05, 0) is 24.3 Å². The first-order valence-corrected chi connectivity index (χ1v) is 6.89. The Balaban J connectivity index is 2.14. The van der Waals surface area contributed by atoms with Crippen LogP contribution in [0.25, 0.3) is 0 Å². The molecule has 2 rings (SSSR count). The van der Waals surface area contributed by atoms with E-state index in [1.807, 2.05) is 0 Å². The van der Waals surface area contributed by atoms with Crippen LogP contribution in [0.2, 0.25) is 0 Å². The molecule has 1 aromatic carbocycles. The first-order chi connectivity index (χ1) is 11.2. The fraction of sp³-hybridized carbons (Fsp3) is 0.188. The third-order valence-corrected chi connectivity index (χ3v) is 2.97. The second-order valence-electron chi connectivity index (χ2n) is 4.49. The smallest absolute Gasteiger partial charge is 0.272 e. The first kappa shape index (κ1) is 16.3. The summed E-state index contributed by atoms with van der Waals surface area (Å²) in [6, 6.07) is 8.61. The van der Waals surface area contributed by atoms with Gasteiger partial charge < -0.3 is 20.1 Å². The number of ether oxygens (including phenoxy) is 2. The summed E-state index contributed by atoms with van der Waals surface area (Å²) in [5.41, 5.74) is 0.917. The Morgan fingerprint density at radius 1 is 1.22 bits per heavy atom. The minimum Gasteiger partial charge on any atom is -0.497 e. The van der Waals surface area contributed by atoms with Crippen molar-refractivity contribution in [2.45, 2.75) is 0 Å². The summed E-state index contributed by atoms with van der Waals surface area (Å²) in [5.74, 6) is 1.50. The zero-order valence-corrected chi connectivity index (χ0v) is 13.0. The number of hydrogen-bond acceptors (Lipinski definition) is 6. The maximum absolute atomic E-state index is 11.7. The van der Waals surface area contributed by atoms with Crippen LogP contribution in [0.3, 0.4) is 0 Å². The van der Waals surface area contributed by atoms with Crippen molar-refractivity contribution in [1.29, 1.82) is 0 Å². The van der Waals surface area contributed by atoms with Crippen LogP contribution < -0.4 is 20.1 Å². The summed E-state index contributed by atoms with van der Waals surface area (Å²) in [7, 11) is 3.16. The number of aromatic nitrogens is 2. The van der Waals surface area contributed by atoms with Crippen LogP contribution in [0.1, 0.15) is 10.5 Å². The lowest BCUT2D eigenvalue weighted by atomic mass is 10.2. The van der Waals surface area contributed by atoms with Crippen LogP contribution in [-0.4, -0.2) is 36.9 Å². The molecular weight excluding hydrogens is 296 g/mol. The van der Waals surface area contributed by atoms with E-state index in [9.17, 15) is 4.79 Å². The molecule has 2 aromatic rings. The molecule has 0 aliphatic carbocycles. The van der Waals surface area contributed by atoms with E-state index in [4.69, 9.17) is 9.47 Å². The van der Waals surface area contributed by atoms with Gasteiger partial charge in [-0.3, -0.25) is 4.79 Å². The third-order valence-electron chi connectivity index (χ3n) is 2.97. The Morgan fingerprint density at radius 2 is 2.04 bits per heavy atom. The van der Waals surface area contributed by atoms with Crippen LogP contribution in [0.15, 0.2) is 43.0 Å². The molecule has 1 aromatic heterocycles. The molecule has 0 atom stereocenters. The molecule has 0 bridgehead atoms. The average molecular weight is 314 g/mol. The van der Waals surface area contributed by atoms with Gasteiger partial charge in [0.15, 0.2) is 11.5 Å². The van der Waals surface area contributed by atoms with Crippen LogP contribution in [-0.2, 0) is 0 Å². The molecule has 2 N–H and O–H groups in total. The zero-order chi connectivity index (χ0) is 16.7. The number of carbonyl (C=O) groups is 1. The molecule has 23 heavy (non-hydrogen) atoms. The lowest BCUT2D eigenvalue weighted by molar-refractivity contribution is 0.0952. The van der Waals surface area contributed by atoms with Gasteiger partial charge in [0.1, 0.15) is 11.5 Å². The zero-order valence-electron chi connectivity index (χ0n) is 13.0. The van der Waals surface area contributed by atoms with Crippen molar-refractivity contribution in [2.24, 2.45) is 0 Å². The molecule has 0 aliphatic heterocycles. The van der Waals surface area contributed by atoms with Gasteiger partial charge in [-0.25, -0.2) is 0 Å². The van der Waals surface area contributed by atoms with Crippen molar-refractivity contribution in [3.8, 4) is 11.5 Å². The van der Waals surface area contributed by atoms with Crippen molar-refractivity contribution in [3.05, 3.63) is 48.7 Å². The minimum absolute atomic E-state index is 0.231. The van der Waals surface area contributed by atoms with Gasteiger partial charge in [-0.2, -0.15) is 0 Å². The maximum Gasteiger partial charge on any atom is 0.272 e. The van der Waals surface area contributed by atoms with Crippen molar-refractivity contribution < 1.29 is 14.3 Å². The number of nitrogens with zero attached hydrogens (tertiary/aromatic N) is 2. The monoisotopic (exact) mass is 314 g/mol. The summed E-state index contributed by atoms with van der Waals surface area (Å²) in [5, 5.41) is 13.6. The summed E-state index contributed by atoms with van der Waals surface area (Å²) in [6.07, 6.45) is 1.59. The molecule has 0 unspecified atom stereocenters. The van der Waals surface area contributed by atoms with Gasteiger partial charge in [0, 0.05) is 12.6 Å². The van der Waals surface area contributed by atoms with E-state index in [0.717, 1.165) is 0 Å². The van der Waals surface area contributed by atoms with Gasteiger partial charge in [0.2, 0.25) is 0 Å². The second-order valence-corrected chi connectivity index (χ2v) is 4.49. The highest BCUT2D eigenvalue weighted by Gasteiger charge is 2.09. The fourth-order valence-electron chi connectivity index (χ4n) is 1.83. The van der Waals surface area contributed by atoms with E-state index in [0.29, 0.717) is 29.5 Å². The summed E-state index contributed by atoms with van der Waals surface area (Å²) < 4.78 is 10.5. The minimum atomic E-state index is -0.303. The van der Waals surface area contributed by atoms with E-state index in [-0.39, 0.29) is 11.6 Å². The molecule has 120 valence electrons. The number of methoxy groups -OCH3 is 2. The molecule has 0 aliphatic rings. The Labute approximate surface area is 134 Å². The van der Waals surface area contributed by atoms with Crippen LogP contribution in [0, 0.1) is 0 Å². The number of nitrogens with one attached hydrogen (secondary N) is 2. The summed E-state index contributed by atoms with van der Waals surface area (Å²) in [4.78, 5) is 11.7. The summed E-state index contributed by atoms with van der Waals surface area (Å²) in [6.45, 7) is 3.91. The highest BCUT2D eigenvalue weighted by molar-refractivity contribution is 5.92. The van der Waals surface area contributed by atoms with E-state index in [1.54, 1.807) is 50.6 Å². The van der Waals surface area contributed by atoms with Crippen molar-refractivity contribution in [1.82, 2.24) is 15.5 Å². The van der Waals surface area contributed by atoms with E-state index >= 15 is 0 Å². The van der Waals surface area contributed by atoms with Crippen LogP contribution in [0.5, 0.6) is 11.5 Å². The highest BCUT2D eigenvalue weighted by Crippen LogP contribution is 2.30. The molecule has 1 heterocycles. The van der Waals surface area contributed by atoms with Gasteiger partial charge in [-0.1, -0.05) is 6.08 Å². The molecule has 1 amide bonds. The van der Waals surface area contributed by atoms with Crippen molar-refractivity contribution in [2.75, 3.05) is 26.1 Å². The standard InChI is InChI=1S/C16H18N4O3/c1-4-9-17-16(21)12-6-8-15(20-19-12)18-13-10-11(22-2)5-7-14(13)23-3/h4-8,10H,1,9H2,2-3H3,(H,17,21)(H,18,20). The first-order valence-electron chi connectivity index (χ1n) is 6.89. The van der Waals surface area contributed by atoms with E-state index in [1.165, 1.54) is 0 Å². The maximum atomic E-state index is 11.7. The van der Waals surface area contributed by atoms with E-state index < -0.39 is 0 Å². The normalized spacial score (nSPS) is 9.83. The van der Waals surface area contributed by atoms with E-state index in [2.05, 4.69) is 27.4 Å². The fourth-order valence-corrected chi connectivity index (χ4v) is 1.83. The number of rotatable bonds is 7. The molecule has 0 spiro atoms. The van der Waals surface area contributed by atoms with Crippen LogP contribution >= 0.6 is 0 Å². The Hall–Kier alpha value is -3.09. The van der Waals surface area contributed by atoms with Crippen molar-refractivity contribution in [3.63, 3.8) is 0 Å². The topological polar surface area (TPSA) is 85.4 Å². The highest BCUT2D eigenvalue weighted by atomic mass is 16.5.